The fourth-order valence-corrected chi connectivity index (χ4v) is 4.58. The average molecular weight is 294 g/mol. The molecule has 0 amide bonds. The summed E-state index contributed by atoms with van der Waals surface area (Å²) in [6.45, 7) is 4.16. The van der Waals surface area contributed by atoms with Crippen molar-refractivity contribution in [1.82, 2.24) is 10.2 Å². The van der Waals surface area contributed by atoms with Crippen molar-refractivity contribution in [1.29, 1.82) is 0 Å². The lowest BCUT2D eigenvalue weighted by Crippen LogP contribution is -2.54. The van der Waals surface area contributed by atoms with Gasteiger partial charge in [-0.05, 0) is 63.3 Å². The SMILES string of the molecule is OCCCC1CC(NCC2CCCC2)CN(C2CCC2)C1. The third kappa shape index (κ3) is 4.43. The third-order valence-corrected chi connectivity index (χ3v) is 6.10. The zero-order chi connectivity index (χ0) is 14.5. The number of hydrogen-bond donors (Lipinski definition) is 2. The number of aliphatic hydroxyl groups excluding tert-OH is 1. The van der Waals surface area contributed by atoms with Crippen molar-refractivity contribution < 1.29 is 5.11 Å². The Balaban J connectivity index is 1.48. The van der Waals surface area contributed by atoms with E-state index in [9.17, 15) is 0 Å². The van der Waals surface area contributed by atoms with Crippen molar-refractivity contribution in [2.75, 3.05) is 26.2 Å². The Hall–Kier alpha value is -0.120. The molecule has 0 spiro atoms. The molecule has 3 rings (SSSR count). The molecule has 3 aliphatic rings. The van der Waals surface area contributed by atoms with Gasteiger partial charge in [0, 0.05) is 31.8 Å². The minimum atomic E-state index is 0.361. The van der Waals surface area contributed by atoms with Gasteiger partial charge in [-0.3, -0.25) is 4.90 Å². The minimum Gasteiger partial charge on any atom is -0.396 e. The molecule has 3 heteroatoms. The van der Waals surface area contributed by atoms with Gasteiger partial charge in [0.2, 0.25) is 0 Å². The molecule has 0 aromatic heterocycles. The van der Waals surface area contributed by atoms with Crippen molar-refractivity contribution in [2.45, 2.75) is 76.3 Å². The second-order valence-corrected chi connectivity index (χ2v) is 7.76. The van der Waals surface area contributed by atoms with Crippen LogP contribution in [-0.2, 0) is 0 Å². The number of aliphatic hydroxyl groups is 1. The molecule has 3 nitrogen and oxygen atoms in total. The van der Waals surface area contributed by atoms with E-state index in [1.807, 2.05) is 0 Å². The highest BCUT2D eigenvalue weighted by Crippen LogP contribution is 2.31. The van der Waals surface area contributed by atoms with Crippen molar-refractivity contribution in [3.8, 4) is 0 Å². The summed E-state index contributed by atoms with van der Waals surface area (Å²) in [5, 5.41) is 13.0. The van der Waals surface area contributed by atoms with Gasteiger partial charge in [-0.1, -0.05) is 19.3 Å². The Morgan fingerprint density at radius 2 is 1.76 bits per heavy atom. The molecule has 2 aliphatic carbocycles. The average Bonchev–Trinajstić information content (AvgIpc) is 2.94. The lowest BCUT2D eigenvalue weighted by atomic mass is 9.84. The molecule has 21 heavy (non-hydrogen) atoms. The van der Waals surface area contributed by atoms with Gasteiger partial charge in [0.25, 0.3) is 0 Å². The van der Waals surface area contributed by atoms with E-state index in [0.717, 1.165) is 24.3 Å². The molecule has 2 N–H and O–H groups in total. The predicted octanol–water partition coefficient (Wildman–Crippen LogP) is 2.78. The summed E-state index contributed by atoms with van der Waals surface area (Å²) in [4.78, 5) is 2.77. The van der Waals surface area contributed by atoms with Crippen LogP contribution in [0.5, 0.6) is 0 Å². The van der Waals surface area contributed by atoms with Crippen LogP contribution in [-0.4, -0.2) is 48.3 Å². The molecule has 0 aromatic carbocycles. The first kappa shape index (κ1) is 15.8. The maximum absolute atomic E-state index is 9.11. The number of likely N-dealkylation sites (tertiary alicyclic amines) is 1. The van der Waals surface area contributed by atoms with E-state index in [1.165, 1.54) is 77.4 Å². The molecular formula is C18H34N2O. The molecule has 1 aliphatic heterocycles. The minimum absolute atomic E-state index is 0.361. The monoisotopic (exact) mass is 294 g/mol. The van der Waals surface area contributed by atoms with Crippen LogP contribution < -0.4 is 5.32 Å². The van der Waals surface area contributed by atoms with Gasteiger partial charge in [-0.2, -0.15) is 0 Å². The number of nitrogens with zero attached hydrogens (tertiary/aromatic N) is 1. The number of piperidine rings is 1. The molecule has 1 heterocycles. The van der Waals surface area contributed by atoms with Crippen LogP contribution in [0.15, 0.2) is 0 Å². The summed E-state index contributed by atoms with van der Waals surface area (Å²) < 4.78 is 0. The molecule has 0 aromatic rings. The Morgan fingerprint density at radius 1 is 0.952 bits per heavy atom. The van der Waals surface area contributed by atoms with Gasteiger partial charge in [-0.15, -0.1) is 0 Å². The Morgan fingerprint density at radius 3 is 2.43 bits per heavy atom. The second kappa shape index (κ2) is 7.94. The van der Waals surface area contributed by atoms with Crippen LogP contribution >= 0.6 is 0 Å². The first-order valence-corrected chi connectivity index (χ1v) is 9.43. The summed E-state index contributed by atoms with van der Waals surface area (Å²) in [6, 6.07) is 1.57. The summed E-state index contributed by atoms with van der Waals surface area (Å²) in [5.41, 5.74) is 0. The van der Waals surface area contributed by atoms with E-state index < -0.39 is 0 Å². The van der Waals surface area contributed by atoms with Crippen LogP contribution in [0.25, 0.3) is 0 Å². The molecule has 2 unspecified atom stereocenters. The van der Waals surface area contributed by atoms with Crippen LogP contribution in [0.4, 0.5) is 0 Å². The van der Waals surface area contributed by atoms with Crippen molar-refractivity contribution in [2.24, 2.45) is 11.8 Å². The Labute approximate surface area is 130 Å². The summed E-state index contributed by atoms with van der Waals surface area (Å²) in [6.07, 6.45) is 13.6. The normalized spacial score (nSPS) is 32.4. The topological polar surface area (TPSA) is 35.5 Å². The van der Waals surface area contributed by atoms with Gasteiger partial charge in [0.1, 0.15) is 0 Å². The first-order valence-electron chi connectivity index (χ1n) is 9.43. The van der Waals surface area contributed by atoms with E-state index in [0.29, 0.717) is 12.6 Å². The van der Waals surface area contributed by atoms with Crippen LogP contribution in [0.3, 0.4) is 0 Å². The molecule has 122 valence electrons. The highest BCUT2D eigenvalue weighted by molar-refractivity contribution is 4.90. The van der Waals surface area contributed by atoms with Crippen molar-refractivity contribution in [3.05, 3.63) is 0 Å². The standard InChI is InChI=1S/C18H34N2O/c21-10-4-7-16-11-17(19-12-15-5-1-2-6-15)14-20(13-16)18-8-3-9-18/h15-19,21H,1-14H2. The van der Waals surface area contributed by atoms with Gasteiger partial charge < -0.3 is 10.4 Å². The zero-order valence-corrected chi connectivity index (χ0v) is 13.6. The van der Waals surface area contributed by atoms with Gasteiger partial charge in [-0.25, -0.2) is 0 Å². The van der Waals surface area contributed by atoms with E-state index in [-0.39, 0.29) is 0 Å². The summed E-state index contributed by atoms with van der Waals surface area (Å²) in [7, 11) is 0. The predicted molar refractivity (Wildman–Crippen MR) is 87.4 cm³/mol. The Bertz CT molecular complexity index is 300. The van der Waals surface area contributed by atoms with Gasteiger partial charge >= 0.3 is 0 Å². The van der Waals surface area contributed by atoms with E-state index in [2.05, 4.69) is 10.2 Å². The smallest absolute Gasteiger partial charge is 0.0431 e. The molecule has 2 saturated carbocycles. The molecule has 2 atom stereocenters. The molecular weight excluding hydrogens is 260 g/mol. The summed E-state index contributed by atoms with van der Waals surface area (Å²) >= 11 is 0. The highest BCUT2D eigenvalue weighted by Gasteiger charge is 2.33. The zero-order valence-electron chi connectivity index (χ0n) is 13.6. The lowest BCUT2D eigenvalue weighted by molar-refractivity contribution is 0.0533. The van der Waals surface area contributed by atoms with Crippen molar-refractivity contribution in [3.63, 3.8) is 0 Å². The van der Waals surface area contributed by atoms with E-state index in [4.69, 9.17) is 5.11 Å². The third-order valence-electron chi connectivity index (χ3n) is 6.10. The lowest BCUT2D eigenvalue weighted by Gasteiger charge is -2.45. The maximum Gasteiger partial charge on any atom is 0.0431 e. The molecule has 0 radical (unpaired) electrons. The van der Waals surface area contributed by atoms with Gasteiger partial charge in [0.15, 0.2) is 0 Å². The summed E-state index contributed by atoms with van der Waals surface area (Å²) in [5.74, 6) is 1.74. The number of hydrogen-bond acceptors (Lipinski definition) is 3. The second-order valence-electron chi connectivity index (χ2n) is 7.76. The van der Waals surface area contributed by atoms with Crippen LogP contribution in [0, 0.1) is 11.8 Å². The number of rotatable bonds is 7. The maximum atomic E-state index is 9.11. The molecule has 1 saturated heterocycles. The quantitative estimate of drug-likeness (QED) is 0.758. The van der Waals surface area contributed by atoms with Crippen LogP contribution in [0.2, 0.25) is 0 Å². The van der Waals surface area contributed by atoms with Crippen LogP contribution in [0.1, 0.15) is 64.2 Å². The largest absolute Gasteiger partial charge is 0.396 e. The fraction of sp³-hybridized carbons (Fsp3) is 1.00. The molecule has 0 bridgehead atoms. The highest BCUT2D eigenvalue weighted by atomic mass is 16.2. The van der Waals surface area contributed by atoms with E-state index >= 15 is 0 Å². The number of nitrogens with one attached hydrogen (secondary N) is 1. The fourth-order valence-electron chi connectivity index (χ4n) is 4.58. The van der Waals surface area contributed by atoms with Gasteiger partial charge in [0.05, 0.1) is 0 Å². The Kier molecular flexibility index (Phi) is 5.96. The first-order chi connectivity index (χ1) is 10.3. The van der Waals surface area contributed by atoms with E-state index in [1.54, 1.807) is 0 Å². The molecule has 3 fully saturated rings. The van der Waals surface area contributed by atoms with Crippen molar-refractivity contribution >= 4 is 0 Å².